The molecule has 1 rings (SSSR count). The molecule has 0 fully saturated rings. The number of rotatable bonds is 5. The van der Waals surface area contributed by atoms with E-state index in [1.54, 1.807) is 0 Å². The van der Waals surface area contributed by atoms with Gasteiger partial charge in [0.05, 0.1) is 12.7 Å². The molecule has 0 bridgehead atoms. The van der Waals surface area contributed by atoms with Crippen LogP contribution in [0.5, 0.6) is 0 Å². The molecule has 0 aliphatic rings. The first-order valence-corrected chi connectivity index (χ1v) is 5.68. The van der Waals surface area contributed by atoms with Gasteiger partial charge in [-0.25, -0.2) is 0 Å². The van der Waals surface area contributed by atoms with Crippen molar-refractivity contribution in [2.24, 2.45) is 0 Å². The van der Waals surface area contributed by atoms with E-state index in [9.17, 15) is 5.11 Å². The molecule has 3 heteroatoms. The van der Waals surface area contributed by atoms with E-state index in [2.05, 4.69) is 37.4 Å². The van der Waals surface area contributed by atoms with Gasteiger partial charge in [0.15, 0.2) is 0 Å². The third-order valence-corrected chi connectivity index (χ3v) is 2.67. The molecular weight excluding hydrogens is 202 g/mol. The van der Waals surface area contributed by atoms with Gasteiger partial charge in [0.25, 0.3) is 0 Å². The van der Waals surface area contributed by atoms with E-state index in [1.165, 1.54) is 5.56 Å². The average molecular weight is 223 g/mol. The van der Waals surface area contributed by atoms with Gasteiger partial charge in [0.2, 0.25) is 0 Å². The van der Waals surface area contributed by atoms with E-state index in [4.69, 9.17) is 5.11 Å². The van der Waals surface area contributed by atoms with E-state index < -0.39 is 6.10 Å². The lowest BCUT2D eigenvalue weighted by Gasteiger charge is -2.15. The maximum Gasteiger partial charge on any atom is 0.0942 e. The number of aliphatic hydroxyl groups is 2. The Morgan fingerprint density at radius 2 is 2.00 bits per heavy atom. The zero-order chi connectivity index (χ0) is 12.1. The lowest BCUT2D eigenvalue weighted by molar-refractivity contribution is 0.105. The minimum Gasteiger partial charge on any atom is -0.394 e. The Bertz CT molecular complexity index is 337. The third kappa shape index (κ3) is 3.51. The molecule has 0 amide bonds. The monoisotopic (exact) mass is 223 g/mol. The minimum absolute atomic E-state index is 0.212. The van der Waals surface area contributed by atoms with Crippen molar-refractivity contribution in [2.45, 2.75) is 32.8 Å². The SMILES string of the molecule is Cc1ccc(C(C)C)cc1NCC(O)CO. The van der Waals surface area contributed by atoms with Crippen LogP contribution in [-0.2, 0) is 0 Å². The quantitative estimate of drug-likeness (QED) is 0.714. The summed E-state index contributed by atoms with van der Waals surface area (Å²) in [4.78, 5) is 0. The predicted octanol–water partition coefficient (Wildman–Crippen LogP) is 1.88. The summed E-state index contributed by atoms with van der Waals surface area (Å²) >= 11 is 0. The molecule has 3 nitrogen and oxygen atoms in total. The van der Waals surface area contributed by atoms with Crippen LogP contribution in [0.2, 0.25) is 0 Å². The molecule has 0 saturated heterocycles. The predicted molar refractivity (Wildman–Crippen MR) is 66.9 cm³/mol. The molecule has 3 N–H and O–H groups in total. The summed E-state index contributed by atoms with van der Waals surface area (Å²) in [6, 6.07) is 6.29. The van der Waals surface area contributed by atoms with Crippen LogP contribution in [0.25, 0.3) is 0 Å². The highest BCUT2D eigenvalue weighted by atomic mass is 16.3. The van der Waals surface area contributed by atoms with Crippen molar-refractivity contribution in [1.82, 2.24) is 0 Å². The molecule has 90 valence electrons. The number of aryl methyl sites for hydroxylation is 1. The molecule has 1 unspecified atom stereocenters. The van der Waals surface area contributed by atoms with E-state index in [1.807, 2.05) is 6.92 Å². The van der Waals surface area contributed by atoms with Gasteiger partial charge in [-0.3, -0.25) is 0 Å². The van der Waals surface area contributed by atoms with E-state index in [-0.39, 0.29) is 6.61 Å². The fraction of sp³-hybridized carbons (Fsp3) is 0.538. The summed E-state index contributed by atoms with van der Waals surface area (Å²) in [7, 11) is 0. The molecule has 0 aliphatic carbocycles. The van der Waals surface area contributed by atoms with Crippen LogP contribution in [0, 0.1) is 6.92 Å². The number of anilines is 1. The number of aliphatic hydroxyl groups excluding tert-OH is 2. The molecule has 16 heavy (non-hydrogen) atoms. The highest BCUT2D eigenvalue weighted by Gasteiger charge is 2.05. The number of hydrogen-bond acceptors (Lipinski definition) is 3. The molecule has 0 saturated carbocycles. The highest BCUT2D eigenvalue weighted by molar-refractivity contribution is 5.53. The fourth-order valence-electron chi connectivity index (χ4n) is 1.48. The number of nitrogens with one attached hydrogen (secondary N) is 1. The molecule has 1 aromatic rings. The molecule has 0 aliphatic heterocycles. The van der Waals surface area contributed by atoms with Crippen LogP contribution >= 0.6 is 0 Å². The normalized spacial score (nSPS) is 12.9. The summed E-state index contributed by atoms with van der Waals surface area (Å²) in [5.41, 5.74) is 3.44. The Balaban J connectivity index is 2.74. The van der Waals surface area contributed by atoms with Crippen LogP contribution in [0.15, 0.2) is 18.2 Å². The lowest BCUT2D eigenvalue weighted by Crippen LogP contribution is -2.23. The van der Waals surface area contributed by atoms with Crippen LogP contribution in [0.4, 0.5) is 5.69 Å². The van der Waals surface area contributed by atoms with E-state index >= 15 is 0 Å². The average Bonchev–Trinajstić information content (AvgIpc) is 2.27. The van der Waals surface area contributed by atoms with Gasteiger partial charge in [-0.2, -0.15) is 0 Å². The van der Waals surface area contributed by atoms with Crippen LogP contribution in [0.3, 0.4) is 0 Å². The third-order valence-electron chi connectivity index (χ3n) is 2.67. The summed E-state index contributed by atoms with van der Waals surface area (Å²) in [5, 5.41) is 21.2. The second-order valence-corrected chi connectivity index (χ2v) is 4.45. The molecule has 1 atom stereocenters. The molecule has 0 radical (unpaired) electrons. The van der Waals surface area contributed by atoms with Gasteiger partial charge in [-0.15, -0.1) is 0 Å². The first-order chi connectivity index (χ1) is 7.54. The Morgan fingerprint density at radius 3 is 2.56 bits per heavy atom. The smallest absolute Gasteiger partial charge is 0.0942 e. The van der Waals surface area contributed by atoms with Gasteiger partial charge in [-0.1, -0.05) is 26.0 Å². The topological polar surface area (TPSA) is 52.5 Å². The second-order valence-electron chi connectivity index (χ2n) is 4.45. The van der Waals surface area contributed by atoms with Crippen molar-refractivity contribution >= 4 is 5.69 Å². The lowest BCUT2D eigenvalue weighted by atomic mass is 10.0. The van der Waals surface area contributed by atoms with Gasteiger partial charge < -0.3 is 15.5 Å². The van der Waals surface area contributed by atoms with Crippen LogP contribution in [-0.4, -0.2) is 29.5 Å². The Labute approximate surface area is 97.1 Å². The number of hydrogen-bond donors (Lipinski definition) is 3. The van der Waals surface area contributed by atoms with Crippen LogP contribution < -0.4 is 5.32 Å². The van der Waals surface area contributed by atoms with Gasteiger partial charge in [0.1, 0.15) is 0 Å². The molecule has 0 aromatic heterocycles. The first-order valence-electron chi connectivity index (χ1n) is 5.68. The van der Waals surface area contributed by atoms with Crippen molar-refractivity contribution in [1.29, 1.82) is 0 Å². The molecule has 1 aromatic carbocycles. The summed E-state index contributed by atoms with van der Waals surface area (Å²) < 4.78 is 0. The van der Waals surface area contributed by atoms with Gasteiger partial charge in [0, 0.05) is 12.2 Å². The standard InChI is InChI=1S/C13H21NO2/c1-9(2)11-5-4-10(3)13(6-11)14-7-12(16)8-15/h4-6,9,12,14-16H,7-8H2,1-3H3. The fourth-order valence-corrected chi connectivity index (χ4v) is 1.48. The Kier molecular flexibility index (Phi) is 4.77. The highest BCUT2D eigenvalue weighted by Crippen LogP contribution is 2.22. The Hall–Kier alpha value is -1.06. The van der Waals surface area contributed by atoms with Crippen molar-refractivity contribution in [2.75, 3.05) is 18.5 Å². The largest absolute Gasteiger partial charge is 0.394 e. The van der Waals surface area contributed by atoms with Gasteiger partial charge >= 0.3 is 0 Å². The van der Waals surface area contributed by atoms with Gasteiger partial charge in [-0.05, 0) is 30.0 Å². The first kappa shape index (κ1) is 13.0. The maximum absolute atomic E-state index is 9.28. The molecule has 0 spiro atoms. The van der Waals surface area contributed by atoms with Crippen molar-refractivity contribution in [3.8, 4) is 0 Å². The molecule has 0 heterocycles. The van der Waals surface area contributed by atoms with E-state index in [0.29, 0.717) is 12.5 Å². The zero-order valence-electron chi connectivity index (χ0n) is 10.2. The summed E-state index contributed by atoms with van der Waals surface area (Å²) in [6.07, 6.45) is -0.706. The summed E-state index contributed by atoms with van der Waals surface area (Å²) in [6.45, 7) is 6.49. The van der Waals surface area contributed by atoms with Crippen molar-refractivity contribution < 1.29 is 10.2 Å². The van der Waals surface area contributed by atoms with Crippen LogP contribution in [0.1, 0.15) is 30.9 Å². The Morgan fingerprint density at radius 1 is 1.31 bits per heavy atom. The summed E-state index contributed by atoms with van der Waals surface area (Å²) in [5.74, 6) is 0.490. The number of benzene rings is 1. The van der Waals surface area contributed by atoms with E-state index in [0.717, 1.165) is 11.3 Å². The molecular formula is C13H21NO2. The zero-order valence-corrected chi connectivity index (χ0v) is 10.2. The van der Waals surface area contributed by atoms with Crippen molar-refractivity contribution in [3.63, 3.8) is 0 Å². The van der Waals surface area contributed by atoms with Crippen molar-refractivity contribution in [3.05, 3.63) is 29.3 Å². The minimum atomic E-state index is -0.706. The maximum atomic E-state index is 9.28. The second kappa shape index (κ2) is 5.87.